The third-order valence-electron chi connectivity index (χ3n) is 3.24. The van der Waals surface area contributed by atoms with Crippen molar-refractivity contribution in [2.75, 3.05) is 0 Å². The molecule has 3 nitrogen and oxygen atoms in total. The molecule has 1 saturated carbocycles. The van der Waals surface area contributed by atoms with Crippen LogP contribution in [0.1, 0.15) is 24.8 Å². The van der Waals surface area contributed by atoms with Crippen LogP contribution in [0.4, 0.5) is 0 Å². The van der Waals surface area contributed by atoms with E-state index in [9.17, 15) is 4.79 Å². The quantitative estimate of drug-likeness (QED) is 0.887. The summed E-state index contributed by atoms with van der Waals surface area (Å²) in [6, 6.07) is 5.18. The first-order valence-corrected chi connectivity index (χ1v) is 6.21. The van der Waals surface area contributed by atoms with Gasteiger partial charge in [-0.1, -0.05) is 23.2 Å². The number of carbonyl (C=O) groups is 1. The maximum absolute atomic E-state index is 11.2. The highest BCUT2D eigenvalue weighted by molar-refractivity contribution is 6.33. The highest BCUT2D eigenvalue weighted by Crippen LogP contribution is 2.33. The first kappa shape index (κ1) is 12.7. The van der Waals surface area contributed by atoms with Crippen molar-refractivity contribution in [2.24, 2.45) is 0 Å². The minimum absolute atomic E-state index is 0.422. The molecule has 1 aromatic rings. The van der Waals surface area contributed by atoms with Gasteiger partial charge in [0.05, 0.1) is 0 Å². The summed E-state index contributed by atoms with van der Waals surface area (Å²) in [6.45, 7) is 0.422. The van der Waals surface area contributed by atoms with E-state index in [4.69, 9.17) is 28.3 Å². The van der Waals surface area contributed by atoms with Gasteiger partial charge in [-0.2, -0.15) is 0 Å². The van der Waals surface area contributed by atoms with E-state index in [0.29, 0.717) is 29.4 Å². The van der Waals surface area contributed by atoms with E-state index in [-0.39, 0.29) is 0 Å². The van der Waals surface area contributed by atoms with Gasteiger partial charge >= 0.3 is 5.97 Å². The third kappa shape index (κ3) is 2.57. The summed E-state index contributed by atoms with van der Waals surface area (Å²) in [7, 11) is 0. The number of carboxylic acids is 1. The van der Waals surface area contributed by atoms with Gasteiger partial charge in [-0.15, -0.1) is 0 Å². The Labute approximate surface area is 110 Å². The summed E-state index contributed by atoms with van der Waals surface area (Å²) >= 11 is 11.9. The zero-order valence-corrected chi connectivity index (χ0v) is 10.7. The van der Waals surface area contributed by atoms with Gasteiger partial charge in [0, 0.05) is 16.6 Å². The molecule has 5 heteroatoms. The molecule has 0 spiro atoms. The summed E-state index contributed by atoms with van der Waals surface area (Å²) in [4.78, 5) is 11.2. The predicted molar refractivity (Wildman–Crippen MR) is 67.5 cm³/mol. The molecule has 1 aromatic carbocycles. The van der Waals surface area contributed by atoms with Crippen LogP contribution in [0, 0.1) is 0 Å². The largest absolute Gasteiger partial charge is 0.480 e. The number of hydrogen-bond acceptors (Lipinski definition) is 2. The van der Waals surface area contributed by atoms with Crippen molar-refractivity contribution in [3.8, 4) is 0 Å². The van der Waals surface area contributed by atoms with Gasteiger partial charge in [0.25, 0.3) is 0 Å². The molecule has 0 radical (unpaired) electrons. The van der Waals surface area contributed by atoms with Crippen LogP contribution in [0.2, 0.25) is 10.0 Å². The van der Waals surface area contributed by atoms with Crippen LogP contribution < -0.4 is 5.32 Å². The third-order valence-corrected chi connectivity index (χ3v) is 3.85. The minimum atomic E-state index is -0.790. The molecule has 1 fully saturated rings. The highest BCUT2D eigenvalue weighted by Gasteiger charge is 2.43. The molecule has 0 bridgehead atoms. The molecule has 2 rings (SSSR count). The van der Waals surface area contributed by atoms with E-state index < -0.39 is 11.5 Å². The Morgan fingerprint density at radius 3 is 2.65 bits per heavy atom. The van der Waals surface area contributed by atoms with Gasteiger partial charge in [-0.05, 0) is 43.0 Å². The maximum atomic E-state index is 11.2. The minimum Gasteiger partial charge on any atom is -0.480 e. The number of aliphatic carboxylic acids is 1. The van der Waals surface area contributed by atoms with Crippen molar-refractivity contribution in [1.82, 2.24) is 5.32 Å². The lowest BCUT2D eigenvalue weighted by molar-refractivity contribution is -0.148. The van der Waals surface area contributed by atoms with E-state index >= 15 is 0 Å². The first-order chi connectivity index (χ1) is 8.03. The molecule has 0 amide bonds. The van der Waals surface area contributed by atoms with Crippen molar-refractivity contribution < 1.29 is 9.90 Å². The lowest BCUT2D eigenvalue weighted by Crippen LogP contribution is -2.56. The summed E-state index contributed by atoms with van der Waals surface area (Å²) in [5.41, 5.74) is 0.0535. The average molecular weight is 274 g/mol. The maximum Gasteiger partial charge on any atom is 0.323 e. The fourth-order valence-electron chi connectivity index (χ4n) is 1.94. The Kier molecular flexibility index (Phi) is 3.61. The molecule has 1 aliphatic rings. The van der Waals surface area contributed by atoms with Gasteiger partial charge in [-0.3, -0.25) is 10.1 Å². The van der Waals surface area contributed by atoms with Crippen LogP contribution in [0.25, 0.3) is 0 Å². The predicted octanol–water partition coefficient (Wildman–Crippen LogP) is 3.09. The van der Waals surface area contributed by atoms with Gasteiger partial charge < -0.3 is 5.11 Å². The van der Waals surface area contributed by atoms with Gasteiger partial charge in [0.15, 0.2) is 0 Å². The van der Waals surface area contributed by atoms with Crippen LogP contribution in [0.15, 0.2) is 18.2 Å². The highest BCUT2D eigenvalue weighted by atomic mass is 35.5. The zero-order valence-electron chi connectivity index (χ0n) is 9.17. The Morgan fingerprint density at radius 2 is 2.12 bits per heavy atom. The van der Waals surface area contributed by atoms with E-state index in [1.165, 1.54) is 0 Å². The molecule has 17 heavy (non-hydrogen) atoms. The normalized spacial score (nSPS) is 17.5. The SMILES string of the molecule is O=C(O)C1(NCc2cc(Cl)ccc2Cl)CCC1. The molecular formula is C12H13Cl2NO2. The Hall–Kier alpha value is -0.770. The van der Waals surface area contributed by atoms with Gasteiger partial charge in [0.1, 0.15) is 5.54 Å². The van der Waals surface area contributed by atoms with Crippen molar-refractivity contribution in [2.45, 2.75) is 31.3 Å². The second kappa shape index (κ2) is 4.84. The van der Waals surface area contributed by atoms with E-state index in [1.54, 1.807) is 18.2 Å². The van der Waals surface area contributed by atoms with Crippen LogP contribution in [0.5, 0.6) is 0 Å². The monoisotopic (exact) mass is 273 g/mol. The van der Waals surface area contributed by atoms with E-state index in [0.717, 1.165) is 12.0 Å². The lowest BCUT2D eigenvalue weighted by Gasteiger charge is -2.38. The van der Waals surface area contributed by atoms with Crippen LogP contribution >= 0.6 is 23.2 Å². The number of nitrogens with one attached hydrogen (secondary N) is 1. The van der Waals surface area contributed by atoms with Crippen LogP contribution in [-0.4, -0.2) is 16.6 Å². The Morgan fingerprint density at radius 1 is 1.41 bits per heavy atom. The standard InChI is InChI=1S/C12H13Cl2NO2/c13-9-2-3-10(14)8(6-9)7-15-12(11(16)17)4-1-5-12/h2-3,6,15H,1,4-5,7H2,(H,16,17). The average Bonchev–Trinajstić information content (AvgIpc) is 2.21. The number of carboxylic acid groups (broad SMARTS) is 1. The van der Waals surface area contributed by atoms with Crippen molar-refractivity contribution in [3.63, 3.8) is 0 Å². The van der Waals surface area contributed by atoms with Crippen LogP contribution in [0.3, 0.4) is 0 Å². The molecule has 0 heterocycles. The van der Waals surface area contributed by atoms with Crippen LogP contribution in [-0.2, 0) is 11.3 Å². The fourth-order valence-corrected chi connectivity index (χ4v) is 2.32. The molecule has 0 unspecified atom stereocenters. The number of halogens is 2. The summed E-state index contributed by atoms with van der Waals surface area (Å²) in [5, 5.41) is 13.4. The number of rotatable bonds is 4. The molecular weight excluding hydrogens is 261 g/mol. The second-order valence-corrected chi connectivity index (χ2v) is 5.17. The topological polar surface area (TPSA) is 49.3 Å². The van der Waals surface area contributed by atoms with Crippen molar-refractivity contribution in [1.29, 1.82) is 0 Å². The molecule has 0 saturated heterocycles. The smallest absolute Gasteiger partial charge is 0.323 e. The summed E-state index contributed by atoms with van der Waals surface area (Å²) < 4.78 is 0. The molecule has 0 atom stereocenters. The number of benzene rings is 1. The molecule has 0 aliphatic heterocycles. The molecule has 1 aliphatic carbocycles. The van der Waals surface area contributed by atoms with Crippen molar-refractivity contribution in [3.05, 3.63) is 33.8 Å². The Balaban J connectivity index is 2.07. The summed E-state index contributed by atoms with van der Waals surface area (Å²) in [5.74, 6) is -0.790. The van der Waals surface area contributed by atoms with Gasteiger partial charge in [0.2, 0.25) is 0 Å². The molecule has 2 N–H and O–H groups in total. The Bertz CT molecular complexity index is 444. The fraction of sp³-hybridized carbons (Fsp3) is 0.417. The zero-order chi connectivity index (χ0) is 12.5. The molecule has 92 valence electrons. The lowest BCUT2D eigenvalue weighted by atomic mass is 9.76. The van der Waals surface area contributed by atoms with Crippen molar-refractivity contribution >= 4 is 29.2 Å². The summed E-state index contributed by atoms with van der Waals surface area (Å²) in [6.07, 6.45) is 2.28. The first-order valence-electron chi connectivity index (χ1n) is 5.46. The van der Waals surface area contributed by atoms with Gasteiger partial charge in [-0.25, -0.2) is 0 Å². The van der Waals surface area contributed by atoms with E-state index in [2.05, 4.69) is 5.32 Å². The molecule has 0 aromatic heterocycles. The van der Waals surface area contributed by atoms with E-state index in [1.807, 2.05) is 0 Å². The number of hydrogen-bond donors (Lipinski definition) is 2. The second-order valence-electron chi connectivity index (χ2n) is 4.33.